The second-order valence-corrected chi connectivity index (χ2v) is 6.12. The molecule has 2 aromatic rings. The van der Waals surface area contributed by atoms with Gasteiger partial charge in [-0.05, 0) is 13.0 Å². The number of aromatic nitrogens is 1. The van der Waals surface area contributed by atoms with Gasteiger partial charge in [0.1, 0.15) is 29.2 Å². The first kappa shape index (κ1) is 14.3. The van der Waals surface area contributed by atoms with Gasteiger partial charge in [-0.2, -0.15) is 0 Å². The summed E-state index contributed by atoms with van der Waals surface area (Å²) in [4.78, 5) is 26.2. The van der Waals surface area contributed by atoms with Crippen LogP contribution in [0.5, 0.6) is 0 Å². The van der Waals surface area contributed by atoms with E-state index in [4.69, 9.17) is 20.9 Å². The summed E-state index contributed by atoms with van der Waals surface area (Å²) in [5.41, 5.74) is 1.37. The zero-order chi connectivity index (χ0) is 16.1. The van der Waals surface area contributed by atoms with E-state index in [9.17, 15) is 9.59 Å². The fourth-order valence-corrected chi connectivity index (χ4v) is 3.40. The summed E-state index contributed by atoms with van der Waals surface area (Å²) >= 11 is 6.21. The molecule has 0 unspecified atom stereocenters. The number of hydrogen-bond acceptors (Lipinski definition) is 5. The molecule has 3 heterocycles. The molecule has 0 spiro atoms. The Morgan fingerprint density at radius 3 is 2.87 bits per heavy atom. The Labute approximate surface area is 136 Å². The van der Waals surface area contributed by atoms with Crippen LogP contribution < -0.4 is 0 Å². The molecule has 2 bridgehead atoms. The molecule has 0 saturated carbocycles. The fourth-order valence-electron chi connectivity index (χ4n) is 3.18. The third-order valence-corrected chi connectivity index (χ3v) is 4.61. The molecule has 1 amide bonds. The molecule has 6 nitrogen and oxygen atoms in total. The lowest BCUT2D eigenvalue weighted by Crippen LogP contribution is -2.44. The van der Waals surface area contributed by atoms with Gasteiger partial charge >= 0.3 is 5.97 Å². The van der Waals surface area contributed by atoms with Gasteiger partial charge in [0.15, 0.2) is 0 Å². The Hall–Kier alpha value is -2.34. The van der Waals surface area contributed by atoms with Crippen LogP contribution in [0.4, 0.5) is 0 Å². The summed E-state index contributed by atoms with van der Waals surface area (Å²) in [6.45, 7) is 2.08. The number of likely N-dealkylation sites (tertiary alicyclic amines) is 1. The van der Waals surface area contributed by atoms with E-state index < -0.39 is 6.04 Å². The number of amides is 1. The van der Waals surface area contributed by atoms with Gasteiger partial charge in [-0.3, -0.25) is 4.79 Å². The van der Waals surface area contributed by atoms with Gasteiger partial charge in [0.2, 0.25) is 0 Å². The molecule has 2 atom stereocenters. The van der Waals surface area contributed by atoms with Crippen molar-refractivity contribution in [2.75, 3.05) is 6.54 Å². The molecule has 2 aliphatic heterocycles. The molecule has 2 aliphatic rings. The predicted molar refractivity (Wildman–Crippen MR) is 81.0 cm³/mol. The van der Waals surface area contributed by atoms with Gasteiger partial charge in [-0.25, -0.2) is 4.79 Å². The number of carbonyl (C=O) groups is 2. The zero-order valence-electron chi connectivity index (χ0n) is 12.3. The van der Waals surface area contributed by atoms with Crippen LogP contribution in [0.2, 0.25) is 5.02 Å². The first-order valence-corrected chi connectivity index (χ1v) is 7.66. The Kier molecular flexibility index (Phi) is 3.16. The van der Waals surface area contributed by atoms with Crippen LogP contribution in [-0.2, 0) is 9.53 Å². The number of fused-ring (bicyclic) bond motifs is 2. The lowest BCUT2D eigenvalue weighted by atomic mass is 10.0. The van der Waals surface area contributed by atoms with E-state index in [-0.39, 0.29) is 18.0 Å². The minimum Gasteiger partial charge on any atom is -0.459 e. The maximum absolute atomic E-state index is 12.9. The lowest BCUT2D eigenvalue weighted by Gasteiger charge is -2.25. The zero-order valence-corrected chi connectivity index (χ0v) is 13.0. The van der Waals surface area contributed by atoms with Crippen molar-refractivity contribution in [2.24, 2.45) is 0 Å². The molecule has 4 rings (SSSR count). The molecule has 2 saturated heterocycles. The van der Waals surface area contributed by atoms with Crippen LogP contribution in [0.3, 0.4) is 0 Å². The second kappa shape index (κ2) is 5.09. The number of rotatable bonds is 2. The van der Waals surface area contributed by atoms with Crippen molar-refractivity contribution < 1.29 is 18.8 Å². The number of carbonyl (C=O) groups excluding carboxylic acids is 2. The van der Waals surface area contributed by atoms with Gasteiger partial charge in [0, 0.05) is 12.0 Å². The Balaban J connectivity index is 1.75. The molecule has 0 aliphatic carbocycles. The maximum atomic E-state index is 12.9. The number of ether oxygens (including phenoxy) is 1. The quantitative estimate of drug-likeness (QED) is 0.790. The maximum Gasteiger partial charge on any atom is 0.329 e. The van der Waals surface area contributed by atoms with Gasteiger partial charge in [-0.15, -0.1) is 0 Å². The number of benzene rings is 1. The van der Waals surface area contributed by atoms with Crippen LogP contribution in [0, 0.1) is 6.92 Å². The van der Waals surface area contributed by atoms with E-state index in [0.29, 0.717) is 40.6 Å². The number of nitrogens with zero attached hydrogens (tertiary/aromatic N) is 2. The van der Waals surface area contributed by atoms with Crippen LogP contribution in [-0.4, -0.2) is 40.6 Å². The summed E-state index contributed by atoms with van der Waals surface area (Å²) < 4.78 is 10.3. The summed E-state index contributed by atoms with van der Waals surface area (Å²) in [6, 6.07) is 6.61. The average Bonchev–Trinajstić information content (AvgIpc) is 3.20. The largest absolute Gasteiger partial charge is 0.459 e. The number of esters is 1. The van der Waals surface area contributed by atoms with Crippen LogP contribution in [0.25, 0.3) is 11.3 Å². The minimum atomic E-state index is -0.513. The van der Waals surface area contributed by atoms with Crippen molar-refractivity contribution in [3.05, 3.63) is 40.6 Å². The number of hydrogen-bond donors (Lipinski definition) is 0. The van der Waals surface area contributed by atoms with Crippen molar-refractivity contribution in [2.45, 2.75) is 25.5 Å². The molecule has 1 aromatic carbocycles. The van der Waals surface area contributed by atoms with Crippen molar-refractivity contribution in [1.82, 2.24) is 10.1 Å². The number of halogens is 1. The molecule has 23 heavy (non-hydrogen) atoms. The SMILES string of the molecule is Cc1onc(-c2ccccc2Cl)c1C(=O)N1C[C@@H]2C[C@H]1C(=O)O2. The molecule has 7 heteroatoms. The lowest BCUT2D eigenvalue weighted by molar-refractivity contribution is -0.149. The van der Waals surface area contributed by atoms with Crippen molar-refractivity contribution >= 4 is 23.5 Å². The molecule has 118 valence electrons. The van der Waals surface area contributed by atoms with E-state index in [1.165, 1.54) is 4.90 Å². The fraction of sp³-hybridized carbons (Fsp3) is 0.312. The Morgan fingerprint density at radius 2 is 2.17 bits per heavy atom. The first-order chi connectivity index (χ1) is 11.1. The number of aryl methyl sites for hydroxylation is 1. The van der Waals surface area contributed by atoms with Crippen LogP contribution in [0.1, 0.15) is 22.5 Å². The molecule has 2 fully saturated rings. The smallest absolute Gasteiger partial charge is 0.329 e. The highest BCUT2D eigenvalue weighted by Gasteiger charge is 2.49. The van der Waals surface area contributed by atoms with Gasteiger partial charge in [-0.1, -0.05) is 35.0 Å². The Bertz CT molecular complexity index is 816. The van der Waals surface area contributed by atoms with Crippen molar-refractivity contribution in [1.29, 1.82) is 0 Å². The normalized spacial score (nSPS) is 22.5. The first-order valence-electron chi connectivity index (χ1n) is 7.29. The highest BCUT2D eigenvalue weighted by Crippen LogP contribution is 2.35. The second-order valence-electron chi connectivity index (χ2n) is 5.71. The van der Waals surface area contributed by atoms with E-state index in [1.54, 1.807) is 25.1 Å². The average molecular weight is 333 g/mol. The third-order valence-electron chi connectivity index (χ3n) is 4.28. The Morgan fingerprint density at radius 1 is 1.39 bits per heavy atom. The van der Waals surface area contributed by atoms with Crippen LogP contribution in [0.15, 0.2) is 28.8 Å². The molecule has 1 aromatic heterocycles. The van der Waals surface area contributed by atoms with E-state index >= 15 is 0 Å². The van der Waals surface area contributed by atoms with E-state index in [0.717, 1.165) is 0 Å². The van der Waals surface area contributed by atoms with Gasteiger partial charge < -0.3 is 14.2 Å². The summed E-state index contributed by atoms with van der Waals surface area (Å²) in [5, 5.41) is 4.48. The molecular weight excluding hydrogens is 320 g/mol. The third kappa shape index (κ3) is 2.13. The molecular formula is C16H13ClN2O4. The van der Waals surface area contributed by atoms with Crippen molar-refractivity contribution in [3.8, 4) is 11.3 Å². The summed E-state index contributed by atoms with van der Waals surface area (Å²) in [5.74, 6) is -0.216. The topological polar surface area (TPSA) is 72.6 Å². The van der Waals surface area contributed by atoms with E-state index in [2.05, 4.69) is 5.16 Å². The standard InChI is InChI=1S/C16H13ClN2O4/c1-8-13(14(18-23-8)10-4-2-3-5-11(10)17)15(20)19-7-9-6-12(19)16(21)22-9/h2-5,9,12H,6-7H2,1H3/t9-,12-/m0/s1. The molecule has 0 N–H and O–H groups in total. The molecule has 0 radical (unpaired) electrons. The monoisotopic (exact) mass is 332 g/mol. The minimum absolute atomic E-state index is 0.208. The highest BCUT2D eigenvalue weighted by molar-refractivity contribution is 6.33. The van der Waals surface area contributed by atoms with Crippen molar-refractivity contribution in [3.63, 3.8) is 0 Å². The predicted octanol–water partition coefficient (Wildman–Crippen LogP) is 2.44. The van der Waals surface area contributed by atoms with Crippen LogP contribution >= 0.6 is 11.6 Å². The van der Waals surface area contributed by atoms with Gasteiger partial charge in [0.25, 0.3) is 5.91 Å². The highest BCUT2D eigenvalue weighted by atomic mass is 35.5. The summed E-state index contributed by atoms with van der Waals surface area (Å²) in [7, 11) is 0. The van der Waals surface area contributed by atoms with E-state index in [1.807, 2.05) is 6.07 Å². The van der Waals surface area contributed by atoms with Gasteiger partial charge in [0.05, 0.1) is 11.6 Å². The summed E-state index contributed by atoms with van der Waals surface area (Å²) in [6.07, 6.45) is 0.344. The number of morpholine rings is 1.